The molecule has 7 nitrogen and oxygen atoms in total. The number of tetrazole rings is 1. The van der Waals surface area contributed by atoms with E-state index >= 15 is 0 Å². The molecular formula is C10H11N5O2. The summed E-state index contributed by atoms with van der Waals surface area (Å²) >= 11 is 0. The minimum Gasteiger partial charge on any atom is -0.478 e. The first-order valence-corrected chi connectivity index (χ1v) is 5.03. The number of hydrogen-bond acceptors (Lipinski definition) is 5. The summed E-state index contributed by atoms with van der Waals surface area (Å²) in [5.74, 6) is -0.314. The van der Waals surface area contributed by atoms with Gasteiger partial charge in [-0.1, -0.05) is 0 Å². The number of aromatic carboxylic acids is 1. The first-order valence-electron chi connectivity index (χ1n) is 5.03. The van der Waals surface area contributed by atoms with Crippen molar-refractivity contribution in [1.29, 1.82) is 0 Å². The number of hydrogen-bond donors (Lipinski definition) is 2. The Bertz CT molecular complexity index is 520. The molecule has 0 amide bonds. The molecule has 3 N–H and O–H groups in total. The second kappa shape index (κ2) is 4.71. The van der Waals surface area contributed by atoms with Crippen LogP contribution in [0.3, 0.4) is 0 Å². The Morgan fingerprint density at radius 2 is 2.06 bits per heavy atom. The number of rotatable bonds is 4. The highest BCUT2D eigenvalue weighted by molar-refractivity contribution is 5.87. The van der Waals surface area contributed by atoms with Gasteiger partial charge in [0, 0.05) is 6.42 Å². The third-order valence-electron chi connectivity index (χ3n) is 2.26. The van der Waals surface area contributed by atoms with Gasteiger partial charge in [0.05, 0.1) is 11.3 Å². The maximum absolute atomic E-state index is 10.7. The van der Waals surface area contributed by atoms with Crippen LogP contribution < -0.4 is 5.73 Å². The van der Waals surface area contributed by atoms with Crippen molar-refractivity contribution in [2.75, 3.05) is 6.54 Å². The molecule has 7 heteroatoms. The Morgan fingerprint density at radius 3 is 2.65 bits per heavy atom. The molecule has 0 aliphatic rings. The van der Waals surface area contributed by atoms with Crippen molar-refractivity contribution in [1.82, 2.24) is 20.2 Å². The van der Waals surface area contributed by atoms with E-state index in [1.54, 1.807) is 16.8 Å². The van der Waals surface area contributed by atoms with Gasteiger partial charge < -0.3 is 10.8 Å². The average Bonchev–Trinajstić information content (AvgIpc) is 2.78. The van der Waals surface area contributed by atoms with Gasteiger partial charge in [-0.3, -0.25) is 0 Å². The normalized spacial score (nSPS) is 10.4. The molecule has 0 saturated carbocycles. The molecule has 0 aliphatic carbocycles. The molecule has 17 heavy (non-hydrogen) atoms. The smallest absolute Gasteiger partial charge is 0.335 e. The lowest BCUT2D eigenvalue weighted by Crippen LogP contribution is -2.10. The van der Waals surface area contributed by atoms with Crippen molar-refractivity contribution in [3.63, 3.8) is 0 Å². The highest BCUT2D eigenvalue weighted by Gasteiger charge is 2.08. The van der Waals surface area contributed by atoms with Gasteiger partial charge in [0.15, 0.2) is 5.82 Å². The van der Waals surface area contributed by atoms with Crippen molar-refractivity contribution in [3.8, 4) is 5.69 Å². The summed E-state index contributed by atoms with van der Waals surface area (Å²) in [6.45, 7) is 0.452. The molecule has 2 aromatic rings. The number of carboxylic acid groups (broad SMARTS) is 1. The zero-order valence-corrected chi connectivity index (χ0v) is 8.95. The highest BCUT2D eigenvalue weighted by atomic mass is 16.4. The van der Waals surface area contributed by atoms with E-state index in [1.165, 1.54) is 12.1 Å². The fourth-order valence-electron chi connectivity index (χ4n) is 1.44. The third kappa shape index (κ3) is 2.28. The minimum absolute atomic E-state index is 0.224. The fraction of sp³-hybridized carbons (Fsp3) is 0.200. The topological polar surface area (TPSA) is 107 Å². The van der Waals surface area contributed by atoms with Crippen molar-refractivity contribution in [2.24, 2.45) is 5.73 Å². The van der Waals surface area contributed by atoms with Crippen LogP contribution in [0.1, 0.15) is 16.2 Å². The molecule has 0 aliphatic heterocycles. The van der Waals surface area contributed by atoms with E-state index in [1.807, 2.05) is 0 Å². The van der Waals surface area contributed by atoms with E-state index in [0.717, 1.165) is 0 Å². The van der Waals surface area contributed by atoms with Crippen molar-refractivity contribution in [2.45, 2.75) is 6.42 Å². The van der Waals surface area contributed by atoms with Gasteiger partial charge in [-0.15, -0.1) is 5.10 Å². The molecule has 2 rings (SSSR count). The maximum atomic E-state index is 10.7. The van der Waals surface area contributed by atoms with Gasteiger partial charge in [0.1, 0.15) is 0 Å². The number of nitrogens with zero attached hydrogens (tertiary/aromatic N) is 4. The zero-order valence-electron chi connectivity index (χ0n) is 8.95. The largest absolute Gasteiger partial charge is 0.478 e. The summed E-state index contributed by atoms with van der Waals surface area (Å²) in [7, 11) is 0. The second-order valence-electron chi connectivity index (χ2n) is 3.40. The summed E-state index contributed by atoms with van der Waals surface area (Å²) in [4.78, 5) is 10.7. The molecule has 0 atom stereocenters. The van der Waals surface area contributed by atoms with Gasteiger partial charge >= 0.3 is 5.97 Å². The van der Waals surface area contributed by atoms with Gasteiger partial charge in [0.25, 0.3) is 0 Å². The highest BCUT2D eigenvalue weighted by Crippen LogP contribution is 2.10. The van der Waals surface area contributed by atoms with Crippen LogP contribution in [0.15, 0.2) is 24.3 Å². The Morgan fingerprint density at radius 1 is 1.35 bits per heavy atom. The lowest BCUT2D eigenvalue weighted by atomic mass is 10.2. The van der Waals surface area contributed by atoms with Crippen LogP contribution in [0.4, 0.5) is 0 Å². The number of carbonyl (C=O) groups is 1. The van der Waals surface area contributed by atoms with E-state index in [4.69, 9.17) is 10.8 Å². The lowest BCUT2D eigenvalue weighted by Gasteiger charge is -2.03. The number of nitrogens with two attached hydrogens (primary N) is 1. The Balaban J connectivity index is 2.33. The molecule has 0 unspecified atom stereocenters. The van der Waals surface area contributed by atoms with Gasteiger partial charge in [-0.05, 0) is 41.2 Å². The Hall–Kier alpha value is -2.28. The molecule has 0 radical (unpaired) electrons. The van der Waals surface area contributed by atoms with Crippen LogP contribution in [0.5, 0.6) is 0 Å². The number of aromatic nitrogens is 4. The molecule has 1 aromatic heterocycles. The van der Waals surface area contributed by atoms with E-state index < -0.39 is 5.97 Å². The van der Waals surface area contributed by atoms with Crippen molar-refractivity contribution >= 4 is 5.97 Å². The van der Waals surface area contributed by atoms with Crippen LogP contribution in [0.2, 0.25) is 0 Å². The van der Waals surface area contributed by atoms with Gasteiger partial charge in [0.2, 0.25) is 0 Å². The standard InChI is InChI=1S/C10H11N5O2/c11-6-5-9-12-13-14-15(9)8-3-1-7(2-4-8)10(16)17/h1-4H,5-6,11H2,(H,16,17). The molecule has 88 valence electrons. The molecule has 0 fully saturated rings. The molecule has 1 aromatic carbocycles. The van der Waals surface area contributed by atoms with Gasteiger partial charge in [-0.2, -0.15) is 4.68 Å². The zero-order chi connectivity index (χ0) is 12.3. The lowest BCUT2D eigenvalue weighted by molar-refractivity contribution is 0.0697. The van der Waals surface area contributed by atoms with E-state index in [0.29, 0.717) is 24.5 Å². The molecule has 0 saturated heterocycles. The SMILES string of the molecule is NCCc1nnnn1-c1ccc(C(=O)O)cc1. The summed E-state index contributed by atoms with van der Waals surface area (Å²) in [5, 5.41) is 20.0. The van der Waals surface area contributed by atoms with Crippen LogP contribution in [0, 0.1) is 0 Å². The van der Waals surface area contributed by atoms with E-state index in [-0.39, 0.29) is 5.56 Å². The van der Waals surface area contributed by atoms with Crippen LogP contribution in [0.25, 0.3) is 5.69 Å². The van der Waals surface area contributed by atoms with E-state index in [2.05, 4.69) is 15.5 Å². The first-order chi connectivity index (χ1) is 8.22. The van der Waals surface area contributed by atoms with Crippen LogP contribution in [-0.2, 0) is 6.42 Å². The second-order valence-corrected chi connectivity index (χ2v) is 3.40. The van der Waals surface area contributed by atoms with E-state index in [9.17, 15) is 4.79 Å². The summed E-state index contributed by atoms with van der Waals surface area (Å²) in [6, 6.07) is 6.32. The van der Waals surface area contributed by atoms with Crippen LogP contribution in [-0.4, -0.2) is 37.8 Å². The molecule has 0 bridgehead atoms. The van der Waals surface area contributed by atoms with Crippen LogP contribution >= 0.6 is 0 Å². The molecular weight excluding hydrogens is 222 g/mol. The number of benzene rings is 1. The molecule has 1 heterocycles. The first kappa shape index (κ1) is 11.2. The average molecular weight is 233 g/mol. The molecule has 0 spiro atoms. The summed E-state index contributed by atoms with van der Waals surface area (Å²) in [6.07, 6.45) is 0.563. The Labute approximate surface area is 96.9 Å². The minimum atomic E-state index is -0.963. The summed E-state index contributed by atoms with van der Waals surface area (Å²) in [5.41, 5.74) is 6.38. The number of carboxylic acids is 1. The predicted octanol–water partition coefficient (Wildman–Crippen LogP) is -0.138. The monoisotopic (exact) mass is 233 g/mol. The fourth-order valence-corrected chi connectivity index (χ4v) is 1.44. The third-order valence-corrected chi connectivity index (χ3v) is 2.26. The Kier molecular flexibility index (Phi) is 3.10. The van der Waals surface area contributed by atoms with Gasteiger partial charge in [-0.25, -0.2) is 4.79 Å². The summed E-state index contributed by atoms with van der Waals surface area (Å²) < 4.78 is 1.54. The van der Waals surface area contributed by atoms with Crippen molar-refractivity contribution in [3.05, 3.63) is 35.7 Å². The van der Waals surface area contributed by atoms with Crippen molar-refractivity contribution < 1.29 is 9.90 Å². The predicted molar refractivity (Wildman–Crippen MR) is 58.9 cm³/mol. The quantitative estimate of drug-likeness (QED) is 0.761. The maximum Gasteiger partial charge on any atom is 0.335 e.